The van der Waals surface area contributed by atoms with E-state index in [1.54, 1.807) is 6.20 Å². The molecule has 1 saturated heterocycles. The Bertz CT molecular complexity index is 756. The molecular weight excluding hydrogens is 394 g/mol. The van der Waals surface area contributed by atoms with Crippen molar-refractivity contribution in [3.63, 3.8) is 0 Å². The van der Waals surface area contributed by atoms with Gasteiger partial charge in [-0.15, -0.1) is 0 Å². The number of hydrogen-bond acceptors (Lipinski definition) is 5. The summed E-state index contributed by atoms with van der Waals surface area (Å²) in [5.41, 5.74) is 0.958. The number of anilines is 1. The molecule has 0 spiro atoms. The lowest BCUT2D eigenvalue weighted by molar-refractivity contribution is 0.0171. The van der Waals surface area contributed by atoms with Gasteiger partial charge in [0.25, 0.3) is 0 Å². The van der Waals surface area contributed by atoms with Crippen molar-refractivity contribution in [2.24, 2.45) is 4.99 Å². The fourth-order valence-electron chi connectivity index (χ4n) is 3.24. The number of ether oxygens (including phenoxy) is 3. The molecule has 31 heavy (non-hydrogen) atoms. The lowest BCUT2D eigenvalue weighted by Gasteiger charge is -2.14. The van der Waals surface area contributed by atoms with Crippen LogP contribution in [0.1, 0.15) is 33.1 Å². The van der Waals surface area contributed by atoms with E-state index in [1.165, 1.54) is 0 Å². The van der Waals surface area contributed by atoms with Gasteiger partial charge < -0.3 is 29.4 Å². The summed E-state index contributed by atoms with van der Waals surface area (Å²) in [4.78, 5) is 8.78. The van der Waals surface area contributed by atoms with Gasteiger partial charge in [-0.1, -0.05) is 0 Å². The van der Waals surface area contributed by atoms with Crippen LogP contribution in [0.25, 0.3) is 0 Å². The molecule has 0 saturated carbocycles. The summed E-state index contributed by atoms with van der Waals surface area (Å²) in [5, 5.41) is 6.76. The minimum atomic E-state index is 0.156. The third-order valence-corrected chi connectivity index (χ3v) is 4.75. The molecule has 8 nitrogen and oxygen atoms in total. The molecule has 0 radical (unpaired) electrons. The van der Waals surface area contributed by atoms with Crippen LogP contribution >= 0.6 is 0 Å². The van der Waals surface area contributed by atoms with Crippen molar-refractivity contribution in [2.75, 3.05) is 38.2 Å². The largest absolute Gasteiger partial charge is 0.491 e. The highest BCUT2D eigenvalue weighted by Gasteiger charge is 2.14. The summed E-state index contributed by atoms with van der Waals surface area (Å²) in [5.74, 6) is 1.60. The van der Waals surface area contributed by atoms with Gasteiger partial charge in [0.1, 0.15) is 5.75 Å². The van der Waals surface area contributed by atoms with E-state index < -0.39 is 0 Å². The molecule has 0 aliphatic carbocycles. The van der Waals surface area contributed by atoms with Crippen molar-refractivity contribution >= 4 is 11.6 Å². The van der Waals surface area contributed by atoms with E-state index in [0.29, 0.717) is 19.8 Å². The second kappa shape index (κ2) is 13.0. The van der Waals surface area contributed by atoms with E-state index in [4.69, 9.17) is 19.2 Å². The molecule has 1 aliphatic rings. The van der Waals surface area contributed by atoms with Crippen molar-refractivity contribution in [3.05, 3.63) is 43.0 Å². The Hall–Kier alpha value is -2.58. The summed E-state index contributed by atoms with van der Waals surface area (Å²) in [6.45, 7) is 8.51. The van der Waals surface area contributed by atoms with Crippen molar-refractivity contribution in [1.82, 2.24) is 14.9 Å². The Morgan fingerprint density at radius 2 is 2.19 bits per heavy atom. The van der Waals surface area contributed by atoms with Gasteiger partial charge in [0.05, 0.1) is 25.1 Å². The fraction of sp³-hybridized carbons (Fsp3) is 0.565. The van der Waals surface area contributed by atoms with Gasteiger partial charge in [0.15, 0.2) is 5.96 Å². The van der Waals surface area contributed by atoms with Crippen LogP contribution in [0, 0.1) is 0 Å². The van der Waals surface area contributed by atoms with Crippen LogP contribution < -0.4 is 15.4 Å². The predicted octanol–water partition coefficient (Wildman–Crippen LogP) is 3.31. The third-order valence-electron chi connectivity index (χ3n) is 4.75. The van der Waals surface area contributed by atoms with Crippen LogP contribution in [-0.2, 0) is 16.0 Å². The van der Waals surface area contributed by atoms with Gasteiger partial charge in [-0.25, -0.2) is 4.98 Å². The van der Waals surface area contributed by atoms with Crippen LogP contribution in [0.15, 0.2) is 48.0 Å². The number of benzene rings is 1. The SMILES string of the molecule is CC(C)Oc1ccc(NC(=NCCCOCC2CCCO2)NCCn2ccnc2)cc1. The first-order valence-electron chi connectivity index (χ1n) is 11.2. The van der Waals surface area contributed by atoms with Crippen molar-refractivity contribution in [3.8, 4) is 5.75 Å². The Kier molecular flexibility index (Phi) is 9.66. The van der Waals surface area contributed by atoms with Gasteiger partial charge in [0, 0.05) is 50.9 Å². The lowest BCUT2D eigenvalue weighted by atomic mass is 10.2. The predicted molar refractivity (Wildman–Crippen MR) is 123 cm³/mol. The van der Waals surface area contributed by atoms with Gasteiger partial charge in [-0.05, 0) is 57.4 Å². The normalized spacial score (nSPS) is 16.6. The molecule has 1 atom stereocenters. The molecule has 1 aliphatic heterocycles. The molecule has 1 fully saturated rings. The first kappa shape index (κ1) is 23.1. The van der Waals surface area contributed by atoms with Crippen LogP contribution in [0.5, 0.6) is 5.75 Å². The molecule has 2 N–H and O–H groups in total. The van der Waals surface area contributed by atoms with E-state index in [2.05, 4.69) is 15.6 Å². The maximum absolute atomic E-state index is 5.73. The maximum Gasteiger partial charge on any atom is 0.195 e. The second-order valence-corrected chi connectivity index (χ2v) is 7.84. The Labute approximate surface area is 185 Å². The van der Waals surface area contributed by atoms with Gasteiger partial charge in [-0.3, -0.25) is 4.99 Å². The van der Waals surface area contributed by atoms with Crippen molar-refractivity contribution < 1.29 is 14.2 Å². The number of nitrogens with zero attached hydrogens (tertiary/aromatic N) is 3. The Morgan fingerprint density at radius 3 is 2.90 bits per heavy atom. The van der Waals surface area contributed by atoms with Crippen molar-refractivity contribution in [1.29, 1.82) is 0 Å². The monoisotopic (exact) mass is 429 g/mol. The highest BCUT2D eigenvalue weighted by Crippen LogP contribution is 2.17. The maximum atomic E-state index is 5.73. The van der Waals surface area contributed by atoms with Crippen LogP contribution in [0.2, 0.25) is 0 Å². The first-order chi connectivity index (χ1) is 15.2. The third kappa shape index (κ3) is 8.98. The molecule has 1 aromatic carbocycles. The quantitative estimate of drug-likeness (QED) is 0.306. The molecular formula is C23H35N5O3. The standard InChI is InChI=1S/C23H35N5O3/c1-19(2)31-21-8-6-20(7-9-21)27-23(26-12-14-28-13-11-24-18-28)25-10-4-15-29-17-22-5-3-16-30-22/h6-9,11,13,18-19,22H,3-5,10,12,14-17H2,1-2H3,(H2,25,26,27). The number of hydrogen-bond donors (Lipinski definition) is 2. The molecule has 1 aromatic heterocycles. The minimum Gasteiger partial charge on any atom is -0.491 e. The number of aromatic nitrogens is 2. The van der Waals surface area contributed by atoms with Crippen molar-refractivity contribution in [2.45, 2.75) is 51.9 Å². The summed E-state index contributed by atoms with van der Waals surface area (Å²) in [6, 6.07) is 7.92. The average molecular weight is 430 g/mol. The zero-order valence-electron chi connectivity index (χ0n) is 18.6. The van der Waals surface area contributed by atoms with E-state index in [0.717, 1.165) is 56.4 Å². The summed E-state index contributed by atoms with van der Waals surface area (Å²) >= 11 is 0. The fourth-order valence-corrected chi connectivity index (χ4v) is 3.24. The number of rotatable bonds is 12. The number of imidazole rings is 1. The molecule has 2 heterocycles. The number of nitrogens with one attached hydrogen (secondary N) is 2. The Morgan fingerprint density at radius 1 is 1.32 bits per heavy atom. The molecule has 2 aromatic rings. The summed E-state index contributed by atoms with van der Waals surface area (Å²) in [7, 11) is 0. The zero-order chi connectivity index (χ0) is 21.7. The Balaban J connectivity index is 1.46. The first-order valence-corrected chi connectivity index (χ1v) is 11.2. The molecule has 3 rings (SSSR count). The smallest absolute Gasteiger partial charge is 0.195 e. The van der Waals surface area contributed by atoms with Crippen LogP contribution in [0.3, 0.4) is 0 Å². The molecule has 170 valence electrons. The van der Waals surface area contributed by atoms with Crippen LogP contribution in [-0.4, -0.2) is 60.6 Å². The molecule has 1 unspecified atom stereocenters. The van der Waals surface area contributed by atoms with E-state index in [-0.39, 0.29) is 12.2 Å². The number of guanidine groups is 1. The second-order valence-electron chi connectivity index (χ2n) is 7.84. The van der Waals surface area contributed by atoms with E-state index >= 15 is 0 Å². The van der Waals surface area contributed by atoms with Gasteiger partial charge >= 0.3 is 0 Å². The topological polar surface area (TPSA) is 81.9 Å². The zero-order valence-corrected chi connectivity index (χ0v) is 18.6. The molecule has 0 bridgehead atoms. The highest BCUT2D eigenvalue weighted by molar-refractivity contribution is 5.93. The van der Waals surface area contributed by atoms with E-state index in [9.17, 15) is 0 Å². The van der Waals surface area contributed by atoms with Gasteiger partial charge in [0.2, 0.25) is 0 Å². The lowest BCUT2D eigenvalue weighted by Crippen LogP contribution is -2.33. The molecule has 8 heteroatoms. The summed E-state index contributed by atoms with van der Waals surface area (Å²) < 4.78 is 19.1. The van der Waals surface area contributed by atoms with E-state index in [1.807, 2.05) is 55.2 Å². The number of aliphatic imine (C=N–C) groups is 1. The summed E-state index contributed by atoms with van der Waals surface area (Å²) in [6.07, 6.45) is 9.08. The minimum absolute atomic E-state index is 0.156. The average Bonchev–Trinajstić information content (AvgIpc) is 3.45. The molecule has 0 amide bonds. The van der Waals surface area contributed by atoms with Gasteiger partial charge in [-0.2, -0.15) is 0 Å². The highest BCUT2D eigenvalue weighted by atomic mass is 16.5. The van der Waals surface area contributed by atoms with Crippen LogP contribution in [0.4, 0.5) is 5.69 Å².